The minimum Gasteiger partial charge on any atom is -0.497 e. The number of carbonyl (C=O) groups is 1. The SMILES string of the molecule is CCN(CC)C(=O)C=Cc1ccc([C@@H]2c3ccc(OC)cc3CC[C@@H]2c2ccc(F)cc2)cc1. The number of fused-ring (bicyclic) bond motifs is 1. The van der Waals surface area contributed by atoms with Gasteiger partial charge in [0.05, 0.1) is 7.11 Å². The average Bonchev–Trinajstić information content (AvgIpc) is 2.88. The number of nitrogens with zero attached hydrogens (tertiary/aromatic N) is 1. The average molecular weight is 458 g/mol. The van der Waals surface area contributed by atoms with Gasteiger partial charge in [-0.3, -0.25) is 4.79 Å². The molecule has 3 aromatic carbocycles. The van der Waals surface area contributed by atoms with Gasteiger partial charge < -0.3 is 9.64 Å². The highest BCUT2D eigenvalue weighted by Gasteiger charge is 2.32. The molecule has 1 aliphatic rings. The van der Waals surface area contributed by atoms with Gasteiger partial charge in [0.2, 0.25) is 5.91 Å². The summed E-state index contributed by atoms with van der Waals surface area (Å²) in [6.07, 6.45) is 5.46. The fourth-order valence-electron chi connectivity index (χ4n) is 5.03. The maximum absolute atomic E-state index is 13.6. The number of aryl methyl sites for hydroxylation is 1. The van der Waals surface area contributed by atoms with Crippen LogP contribution in [-0.4, -0.2) is 31.0 Å². The Morgan fingerprint density at radius 1 is 1.00 bits per heavy atom. The molecule has 0 saturated heterocycles. The summed E-state index contributed by atoms with van der Waals surface area (Å²) >= 11 is 0. The van der Waals surface area contributed by atoms with Gasteiger partial charge in [-0.1, -0.05) is 42.5 Å². The molecular weight excluding hydrogens is 425 g/mol. The molecule has 0 heterocycles. The Hall–Kier alpha value is -3.40. The lowest BCUT2D eigenvalue weighted by molar-refractivity contribution is -0.125. The molecular formula is C30H32FNO2. The number of amides is 1. The van der Waals surface area contributed by atoms with E-state index < -0.39 is 0 Å². The number of carbonyl (C=O) groups excluding carboxylic acids is 1. The van der Waals surface area contributed by atoms with Gasteiger partial charge in [-0.2, -0.15) is 0 Å². The van der Waals surface area contributed by atoms with Crippen molar-refractivity contribution in [1.82, 2.24) is 4.90 Å². The van der Waals surface area contributed by atoms with E-state index >= 15 is 0 Å². The number of methoxy groups -OCH3 is 1. The van der Waals surface area contributed by atoms with Crippen molar-refractivity contribution in [3.8, 4) is 5.75 Å². The Labute approximate surface area is 201 Å². The van der Waals surface area contributed by atoms with Gasteiger partial charge in [-0.05, 0) is 90.8 Å². The smallest absolute Gasteiger partial charge is 0.246 e. The maximum Gasteiger partial charge on any atom is 0.246 e. The van der Waals surface area contributed by atoms with Crippen LogP contribution in [0.15, 0.2) is 72.8 Å². The Morgan fingerprint density at radius 2 is 1.68 bits per heavy atom. The van der Waals surface area contributed by atoms with Crippen LogP contribution in [0.1, 0.15) is 59.9 Å². The van der Waals surface area contributed by atoms with Crippen LogP contribution >= 0.6 is 0 Å². The van der Waals surface area contributed by atoms with Crippen molar-refractivity contribution in [3.63, 3.8) is 0 Å². The molecule has 3 nitrogen and oxygen atoms in total. The molecule has 176 valence electrons. The van der Waals surface area contributed by atoms with Crippen LogP contribution in [0.3, 0.4) is 0 Å². The van der Waals surface area contributed by atoms with Crippen LogP contribution in [0.4, 0.5) is 4.39 Å². The highest BCUT2D eigenvalue weighted by Crippen LogP contribution is 2.47. The lowest BCUT2D eigenvalue weighted by atomic mass is 9.69. The Balaban J connectivity index is 1.67. The molecule has 0 fully saturated rings. The molecule has 0 aliphatic heterocycles. The standard InChI is InChI=1S/C30H32FNO2/c1-4-32(5-2)29(33)19-8-21-6-9-23(10-7-21)30-27(22-11-14-25(31)15-12-22)17-13-24-20-26(34-3)16-18-28(24)30/h6-12,14-16,18-20,27,30H,4-5,13,17H2,1-3H3/t27-,30+/m1/s1. The fraction of sp³-hybridized carbons (Fsp3) is 0.300. The second-order valence-electron chi connectivity index (χ2n) is 8.75. The van der Waals surface area contributed by atoms with Gasteiger partial charge in [0.15, 0.2) is 0 Å². The molecule has 1 aliphatic carbocycles. The monoisotopic (exact) mass is 457 g/mol. The van der Waals surface area contributed by atoms with E-state index in [4.69, 9.17) is 4.74 Å². The van der Waals surface area contributed by atoms with E-state index in [1.165, 1.54) is 16.7 Å². The van der Waals surface area contributed by atoms with Crippen molar-refractivity contribution in [2.45, 2.75) is 38.5 Å². The Kier molecular flexibility index (Phi) is 7.46. The third-order valence-electron chi connectivity index (χ3n) is 6.90. The van der Waals surface area contributed by atoms with Crippen LogP contribution in [0, 0.1) is 5.82 Å². The van der Waals surface area contributed by atoms with E-state index in [1.807, 2.05) is 38.1 Å². The predicted octanol–water partition coefficient (Wildman–Crippen LogP) is 6.58. The number of benzene rings is 3. The number of halogens is 1. The van der Waals surface area contributed by atoms with Crippen molar-refractivity contribution < 1.29 is 13.9 Å². The van der Waals surface area contributed by atoms with Gasteiger partial charge >= 0.3 is 0 Å². The molecule has 4 heteroatoms. The molecule has 0 N–H and O–H groups in total. The summed E-state index contributed by atoms with van der Waals surface area (Å²) in [5.74, 6) is 1.11. The number of ether oxygens (including phenoxy) is 1. The van der Waals surface area contributed by atoms with Gasteiger partial charge in [0, 0.05) is 25.1 Å². The molecule has 0 bridgehead atoms. The zero-order valence-electron chi connectivity index (χ0n) is 20.1. The molecule has 2 atom stereocenters. The summed E-state index contributed by atoms with van der Waals surface area (Å²) in [7, 11) is 1.70. The molecule has 0 unspecified atom stereocenters. The van der Waals surface area contributed by atoms with E-state index in [0.29, 0.717) is 13.1 Å². The molecule has 0 saturated carbocycles. The summed E-state index contributed by atoms with van der Waals surface area (Å²) < 4.78 is 19.1. The van der Waals surface area contributed by atoms with Crippen molar-refractivity contribution in [2.75, 3.05) is 20.2 Å². The lowest BCUT2D eigenvalue weighted by Crippen LogP contribution is -2.28. The van der Waals surface area contributed by atoms with Crippen molar-refractivity contribution in [3.05, 3.63) is 106 Å². The molecule has 0 radical (unpaired) electrons. The minimum absolute atomic E-state index is 0.0283. The summed E-state index contributed by atoms with van der Waals surface area (Å²) in [5, 5.41) is 0. The first kappa shape index (κ1) is 23.7. The van der Waals surface area contributed by atoms with Gasteiger partial charge in [0.25, 0.3) is 0 Å². The lowest BCUT2D eigenvalue weighted by Gasteiger charge is -2.35. The topological polar surface area (TPSA) is 29.5 Å². The summed E-state index contributed by atoms with van der Waals surface area (Å²) in [6.45, 7) is 5.38. The van der Waals surface area contributed by atoms with Crippen LogP contribution in [0.5, 0.6) is 5.75 Å². The molecule has 34 heavy (non-hydrogen) atoms. The molecule has 4 rings (SSSR count). The molecule has 0 aromatic heterocycles. The van der Waals surface area contributed by atoms with Crippen molar-refractivity contribution in [2.24, 2.45) is 0 Å². The van der Waals surface area contributed by atoms with Crippen molar-refractivity contribution in [1.29, 1.82) is 0 Å². The third kappa shape index (κ3) is 5.06. The molecule has 3 aromatic rings. The first-order chi connectivity index (χ1) is 16.5. The zero-order chi connectivity index (χ0) is 24.1. The van der Waals surface area contributed by atoms with E-state index in [1.54, 1.807) is 30.2 Å². The zero-order valence-corrected chi connectivity index (χ0v) is 20.1. The van der Waals surface area contributed by atoms with Gasteiger partial charge in [0.1, 0.15) is 11.6 Å². The second-order valence-corrected chi connectivity index (χ2v) is 8.75. The van der Waals surface area contributed by atoms with Crippen LogP contribution in [0.25, 0.3) is 6.08 Å². The maximum atomic E-state index is 13.6. The first-order valence-electron chi connectivity index (χ1n) is 12.0. The summed E-state index contributed by atoms with van der Waals surface area (Å²) in [5.41, 5.74) is 5.96. The Morgan fingerprint density at radius 3 is 2.32 bits per heavy atom. The van der Waals surface area contributed by atoms with E-state index in [0.717, 1.165) is 29.7 Å². The Bertz CT molecular complexity index is 1150. The van der Waals surface area contributed by atoms with E-state index in [9.17, 15) is 9.18 Å². The van der Waals surface area contributed by atoms with E-state index in [-0.39, 0.29) is 23.6 Å². The summed E-state index contributed by atoms with van der Waals surface area (Å²) in [4.78, 5) is 14.1. The van der Waals surface area contributed by atoms with Crippen LogP contribution < -0.4 is 4.74 Å². The predicted molar refractivity (Wildman–Crippen MR) is 136 cm³/mol. The quantitative estimate of drug-likeness (QED) is 0.375. The molecule has 0 spiro atoms. The highest BCUT2D eigenvalue weighted by atomic mass is 19.1. The number of hydrogen-bond donors (Lipinski definition) is 0. The highest BCUT2D eigenvalue weighted by molar-refractivity contribution is 5.91. The summed E-state index contributed by atoms with van der Waals surface area (Å²) in [6, 6.07) is 21.7. The van der Waals surface area contributed by atoms with Gasteiger partial charge in [-0.25, -0.2) is 4.39 Å². The van der Waals surface area contributed by atoms with Crippen LogP contribution in [0.2, 0.25) is 0 Å². The second kappa shape index (κ2) is 10.7. The minimum atomic E-state index is -0.211. The fourth-order valence-corrected chi connectivity index (χ4v) is 5.03. The van der Waals surface area contributed by atoms with Crippen molar-refractivity contribution >= 4 is 12.0 Å². The van der Waals surface area contributed by atoms with E-state index in [2.05, 4.69) is 36.4 Å². The first-order valence-corrected chi connectivity index (χ1v) is 12.0. The molecule has 1 amide bonds. The number of hydrogen-bond acceptors (Lipinski definition) is 2. The normalized spacial score (nSPS) is 17.4. The number of likely N-dealkylation sites (N-methyl/N-ethyl adjacent to an activating group) is 1. The van der Waals surface area contributed by atoms with Gasteiger partial charge in [-0.15, -0.1) is 0 Å². The largest absolute Gasteiger partial charge is 0.497 e. The number of rotatable bonds is 7. The third-order valence-corrected chi connectivity index (χ3v) is 6.90. The van der Waals surface area contributed by atoms with Crippen LogP contribution in [-0.2, 0) is 11.2 Å².